The summed E-state index contributed by atoms with van der Waals surface area (Å²) in [6.07, 6.45) is 26.7. The molecule has 0 unspecified atom stereocenters. The summed E-state index contributed by atoms with van der Waals surface area (Å²) >= 11 is 16.1. The molecule has 4 fully saturated rings. The highest BCUT2D eigenvalue weighted by atomic mass is 35.5. The van der Waals surface area contributed by atoms with Crippen LogP contribution in [0.25, 0.3) is 11.3 Å². The Hall–Kier alpha value is -3.51. The molecule has 2 saturated carbocycles. The van der Waals surface area contributed by atoms with Crippen LogP contribution in [0.15, 0.2) is 81.3 Å². The van der Waals surface area contributed by atoms with Gasteiger partial charge in [0.1, 0.15) is 0 Å². The SMILES string of the molecule is Cc1nccc(Sc2cnc(N3CCC4(CCC[C@H]4N)CC3)n3ccnc23)c1Cl.Cc1nccc(Sc2cnc(N3CCC4(CCC[C@H]4N[S@@](=O)C(C)(C)C)CC3)n3ccnc23)c1Cl. The third kappa shape index (κ3) is 9.01. The lowest BCUT2D eigenvalue weighted by Gasteiger charge is -2.44. The van der Waals surface area contributed by atoms with Crippen molar-refractivity contribution in [1.82, 2.24) is 43.4 Å². The Morgan fingerprint density at radius 3 is 1.61 bits per heavy atom. The van der Waals surface area contributed by atoms with E-state index in [-0.39, 0.29) is 10.2 Å². The Bertz CT molecular complexity index is 2650. The van der Waals surface area contributed by atoms with Gasteiger partial charge in [-0.2, -0.15) is 0 Å². The second-order valence-electron chi connectivity index (χ2n) is 18.8. The first-order valence-corrected chi connectivity index (χ1v) is 25.9. The molecule has 6 aromatic rings. The van der Waals surface area contributed by atoms with Gasteiger partial charge in [0.2, 0.25) is 11.9 Å². The molecule has 6 aromatic heterocycles. The van der Waals surface area contributed by atoms with Gasteiger partial charge in [-0.05, 0) is 109 Å². The number of nitrogens with two attached hydrogens (primary N) is 1. The second kappa shape index (κ2) is 18.6. The molecular formula is C46H58Cl2N12OS3. The second-order valence-corrected chi connectivity index (χ2v) is 23.8. The van der Waals surface area contributed by atoms with E-state index in [2.05, 4.69) is 43.3 Å². The van der Waals surface area contributed by atoms with Gasteiger partial charge in [0.15, 0.2) is 11.3 Å². The third-order valence-electron chi connectivity index (χ3n) is 14.0. The minimum absolute atomic E-state index is 0.219. The Morgan fingerprint density at radius 2 is 1.14 bits per heavy atom. The molecule has 13 nitrogen and oxygen atoms in total. The number of aryl methyl sites for hydroxylation is 2. The van der Waals surface area contributed by atoms with Crippen molar-refractivity contribution < 1.29 is 4.21 Å². The van der Waals surface area contributed by atoms with E-state index in [1.807, 2.05) is 83.9 Å². The lowest BCUT2D eigenvalue weighted by molar-refractivity contribution is 0.187. The monoisotopic (exact) mass is 960 g/mol. The van der Waals surface area contributed by atoms with Crippen molar-refractivity contribution >= 4 is 80.9 Å². The first-order valence-electron chi connectivity index (χ1n) is 22.4. The van der Waals surface area contributed by atoms with E-state index < -0.39 is 11.0 Å². The summed E-state index contributed by atoms with van der Waals surface area (Å²) in [7, 11) is -1.04. The van der Waals surface area contributed by atoms with Gasteiger partial charge in [0.25, 0.3) is 0 Å². The van der Waals surface area contributed by atoms with Crippen molar-refractivity contribution in [1.29, 1.82) is 0 Å². The smallest absolute Gasteiger partial charge is 0.211 e. The maximum atomic E-state index is 12.8. The summed E-state index contributed by atoms with van der Waals surface area (Å²) in [5.74, 6) is 1.88. The quantitative estimate of drug-likeness (QED) is 0.150. The van der Waals surface area contributed by atoms with E-state index in [9.17, 15) is 4.21 Å². The van der Waals surface area contributed by atoms with E-state index in [1.54, 1.807) is 35.9 Å². The van der Waals surface area contributed by atoms with Crippen molar-refractivity contribution in [2.75, 3.05) is 36.0 Å². The number of halogens is 2. The predicted molar refractivity (Wildman–Crippen MR) is 260 cm³/mol. The highest BCUT2D eigenvalue weighted by molar-refractivity contribution is 8.00. The molecule has 340 valence electrons. The van der Waals surface area contributed by atoms with E-state index >= 15 is 0 Å². The molecule has 8 heterocycles. The summed E-state index contributed by atoms with van der Waals surface area (Å²) in [4.78, 5) is 36.0. The number of fused-ring (bicyclic) bond motifs is 2. The van der Waals surface area contributed by atoms with Crippen LogP contribution in [0.4, 0.5) is 11.9 Å². The summed E-state index contributed by atoms with van der Waals surface area (Å²) < 4.78 is 20.2. The summed E-state index contributed by atoms with van der Waals surface area (Å²) in [5.41, 5.74) is 10.4. The zero-order chi connectivity index (χ0) is 44.8. The fraction of sp³-hybridized carbons (Fsp3) is 0.522. The van der Waals surface area contributed by atoms with Crippen LogP contribution >= 0.6 is 46.7 Å². The highest BCUT2D eigenvalue weighted by Crippen LogP contribution is 2.48. The van der Waals surface area contributed by atoms with Crippen molar-refractivity contribution in [3.8, 4) is 0 Å². The summed E-state index contributed by atoms with van der Waals surface area (Å²) in [6, 6.07) is 4.54. The minimum atomic E-state index is -1.04. The molecule has 2 spiro atoms. The number of nitrogens with zero attached hydrogens (tertiary/aromatic N) is 10. The molecule has 2 saturated heterocycles. The Labute approximate surface area is 397 Å². The zero-order valence-electron chi connectivity index (χ0n) is 37.3. The van der Waals surface area contributed by atoms with Gasteiger partial charge < -0.3 is 15.5 Å². The van der Waals surface area contributed by atoms with Crippen LogP contribution in [0.3, 0.4) is 0 Å². The van der Waals surface area contributed by atoms with E-state index in [1.165, 1.54) is 32.1 Å². The summed E-state index contributed by atoms with van der Waals surface area (Å²) in [6.45, 7) is 13.8. The van der Waals surface area contributed by atoms with Crippen LogP contribution < -0.4 is 20.3 Å². The lowest BCUT2D eigenvalue weighted by Crippen LogP contribution is -2.51. The van der Waals surface area contributed by atoms with Crippen molar-refractivity contribution in [3.05, 3.63) is 83.1 Å². The Morgan fingerprint density at radius 1 is 0.672 bits per heavy atom. The lowest BCUT2D eigenvalue weighted by atomic mass is 9.74. The van der Waals surface area contributed by atoms with Crippen LogP contribution in [0.5, 0.6) is 0 Å². The van der Waals surface area contributed by atoms with Crippen LogP contribution in [-0.2, 0) is 11.0 Å². The minimum Gasteiger partial charge on any atom is -0.342 e. The molecule has 64 heavy (non-hydrogen) atoms. The normalized spacial score (nSPS) is 21.2. The number of hydrogen-bond donors (Lipinski definition) is 2. The zero-order valence-corrected chi connectivity index (χ0v) is 41.2. The van der Waals surface area contributed by atoms with Gasteiger partial charge in [-0.25, -0.2) is 28.9 Å². The largest absolute Gasteiger partial charge is 0.342 e. The van der Waals surface area contributed by atoms with Gasteiger partial charge in [0.05, 0.1) is 47.0 Å². The topological polar surface area (TPSA) is 148 Å². The Kier molecular flexibility index (Phi) is 13.3. The molecule has 2 aliphatic heterocycles. The Balaban J connectivity index is 0.000000165. The van der Waals surface area contributed by atoms with Gasteiger partial charge in [0, 0.05) is 97.6 Å². The molecule has 0 aromatic carbocycles. The molecular weight excluding hydrogens is 904 g/mol. The summed E-state index contributed by atoms with van der Waals surface area (Å²) in [5, 5.41) is 1.35. The van der Waals surface area contributed by atoms with Crippen LogP contribution in [-0.4, -0.2) is 85.9 Å². The van der Waals surface area contributed by atoms with Crippen molar-refractivity contribution in [2.45, 2.75) is 135 Å². The van der Waals surface area contributed by atoms with Crippen molar-refractivity contribution in [2.24, 2.45) is 16.6 Å². The van der Waals surface area contributed by atoms with Crippen LogP contribution in [0.2, 0.25) is 10.0 Å². The molecule has 2 aliphatic carbocycles. The number of imidazole rings is 2. The first-order chi connectivity index (χ1) is 30.7. The number of aromatic nitrogens is 8. The maximum Gasteiger partial charge on any atom is 0.211 e. The van der Waals surface area contributed by atoms with Gasteiger partial charge >= 0.3 is 0 Å². The van der Waals surface area contributed by atoms with E-state index in [0.29, 0.717) is 27.5 Å². The molecule has 4 aliphatic rings. The average Bonchev–Trinajstić information content (AvgIpc) is 4.11. The van der Waals surface area contributed by atoms with Gasteiger partial charge in [-0.3, -0.25) is 18.8 Å². The fourth-order valence-electron chi connectivity index (χ4n) is 10.1. The van der Waals surface area contributed by atoms with Gasteiger partial charge in [-0.15, -0.1) is 0 Å². The number of nitrogens with one attached hydrogen (secondary N) is 1. The van der Waals surface area contributed by atoms with E-state index in [4.69, 9.17) is 38.9 Å². The predicted octanol–water partition coefficient (Wildman–Crippen LogP) is 9.76. The number of piperidine rings is 2. The molecule has 18 heteroatoms. The molecule has 3 atom stereocenters. The fourth-order valence-corrected chi connectivity index (χ4v) is 13.5. The molecule has 0 amide bonds. The first kappa shape index (κ1) is 45.6. The third-order valence-corrected chi connectivity index (χ3v) is 18.9. The molecule has 3 N–H and O–H groups in total. The molecule has 10 rings (SSSR count). The molecule has 0 bridgehead atoms. The van der Waals surface area contributed by atoms with Gasteiger partial charge in [-0.1, -0.05) is 59.6 Å². The highest BCUT2D eigenvalue weighted by Gasteiger charge is 2.47. The van der Waals surface area contributed by atoms with Crippen LogP contribution in [0.1, 0.15) is 96.4 Å². The number of rotatable bonds is 8. The maximum absolute atomic E-state index is 12.8. The number of pyridine rings is 2. The van der Waals surface area contributed by atoms with Crippen LogP contribution in [0, 0.1) is 24.7 Å². The number of anilines is 2. The molecule has 0 radical (unpaired) electrons. The average molecular weight is 962 g/mol. The standard InChI is InChI=1S/C25H33ClN6OS2.C21H25ClN6S/c1-17-21(26)18(7-11-27-17)34-19-16-29-23(32-15-12-28-22(19)32)31-13-9-25(10-14-31)8-5-6-20(25)30-35(33)24(2,3)4;1-14-18(22)15(4-8-24-14)29-16-13-26-20(28-12-9-25-19(16)28)27-10-6-21(7-11-27)5-2-3-17(21)23/h7,11-12,15-16,20,30H,5-6,8-10,13-14H2,1-4H3;4,8-9,12-13,17H,2-3,5-7,10-11,23H2,1H3/t20-,35+;17-/m11/s1. The van der Waals surface area contributed by atoms with E-state index in [0.717, 1.165) is 112 Å². The number of hydrogen-bond acceptors (Lipinski definition) is 12. The van der Waals surface area contributed by atoms with Crippen molar-refractivity contribution in [3.63, 3.8) is 0 Å².